The highest BCUT2D eigenvalue weighted by Gasteiger charge is 2.03. The van der Waals surface area contributed by atoms with Gasteiger partial charge in [0.25, 0.3) is 0 Å². The van der Waals surface area contributed by atoms with Gasteiger partial charge in [0.05, 0.1) is 5.52 Å². The molecule has 2 heterocycles. The van der Waals surface area contributed by atoms with Crippen LogP contribution in [-0.2, 0) is 0 Å². The number of fused-ring (bicyclic) bond motifs is 1. The summed E-state index contributed by atoms with van der Waals surface area (Å²) in [6.07, 6.45) is 3.27. The molecule has 72 valence electrons. The normalized spacial score (nSPS) is 10.7. The van der Waals surface area contributed by atoms with Gasteiger partial charge in [-0.2, -0.15) is 0 Å². The van der Waals surface area contributed by atoms with Gasteiger partial charge in [-0.25, -0.2) is 0 Å². The Kier molecular flexibility index (Phi) is 1.71. The molecule has 3 rings (SSSR count). The quantitative estimate of drug-likeness (QED) is 0.600. The number of hydrogen-bond acceptors (Lipinski definition) is 4. The lowest BCUT2D eigenvalue weighted by atomic mass is 10.1. The molecule has 0 N–H and O–H groups in total. The number of nitrogens with zero attached hydrogens (tertiary/aromatic N) is 3. The Balaban J connectivity index is 2.22. The molecule has 0 unspecified atom stereocenters. The Bertz CT molecular complexity index is 590. The first kappa shape index (κ1) is 8.11. The summed E-state index contributed by atoms with van der Waals surface area (Å²) in [7, 11) is 0. The number of rotatable bonds is 1. The SMILES string of the molecule is c1ccc2ncc(-c3conn3)cc2c1. The van der Waals surface area contributed by atoms with Crippen LogP contribution in [0.1, 0.15) is 0 Å². The highest BCUT2D eigenvalue weighted by molar-refractivity contribution is 5.82. The van der Waals surface area contributed by atoms with Crippen molar-refractivity contribution >= 4 is 10.9 Å². The van der Waals surface area contributed by atoms with Crippen LogP contribution in [-0.4, -0.2) is 15.4 Å². The summed E-state index contributed by atoms with van der Waals surface area (Å²) in [4.78, 5) is 4.33. The van der Waals surface area contributed by atoms with E-state index in [0.29, 0.717) is 5.69 Å². The monoisotopic (exact) mass is 197 g/mol. The molecule has 4 heteroatoms. The van der Waals surface area contributed by atoms with Crippen molar-refractivity contribution in [3.63, 3.8) is 0 Å². The molecule has 0 aliphatic heterocycles. The predicted octanol–water partition coefficient (Wildman–Crippen LogP) is 2.28. The third-order valence-corrected chi connectivity index (χ3v) is 2.25. The second-order valence-corrected chi connectivity index (χ2v) is 3.21. The van der Waals surface area contributed by atoms with Crippen molar-refractivity contribution in [2.75, 3.05) is 0 Å². The van der Waals surface area contributed by atoms with E-state index in [1.54, 1.807) is 6.20 Å². The maximum Gasteiger partial charge on any atom is 0.152 e. The fourth-order valence-corrected chi connectivity index (χ4v) is 1.50. The van der Waals surface area contributed by atoms with E-state index in [0.717, 1.165) is 16.5 Å². The van der Waals surface area contributed by atoms with E-state index < -0.39 is 0 Å². The molecule has 3 aromatic rings. The minimum atomic E-state index is 0.702. The highest BCUT2D eigenvalue weighted by atomic mass is 16.5. The third kappa shape index (κ3) is 1.36. The number of para-hydroxylation sites is 1. The highest BCUT2D eigenvalue weighted by Crippen LogP contribution is 2.20. The lowest BCUT2D eigenvalue weighted by Crippen LogP contribution is -1.82. The molecule has 0 saturated heterocycles. The van der Waals surface area contributed by atoms with Gasteiger partial charge in [-0.15, -0.1) is 5.10 Å². The van der Waals surface area contributed by atoms with Crippen LogP contribution in [0.25, 0.3) is 22.2 Å². The van der Waals surface area contributed by atoms with E-state index in [9.17, 15) is 0 Å². The van der Waals surface area contributed by atoms with Crippen LogP contribution in [0, 0.1) is 0 Å². The van der Waals surface area contributed by atoms with Crippen molar-refractivity contribution in [3.05, 3.63) is 42.8 Å². The number of benzene rings is 1. The molecule has 0 fully saturated rings. The molecule has 0 aliphatic rings. The average Bonchev–Trinajstić information content (AvgIpc) is 2.82. The van der Waals surface area contributed by atoms with E-state index in [4.69, 9.17) is 4.52 Å². The van der Waals surface area contributed by atoms with Crippen molar-refractivity contribution in [1.29, 1.82) is 0 Å². The molecule has 0 spiro atoms. The lowest BCUT2D eigenvalue weighted by Gasteiger charge is -1.98. The Labute approximate surface area is 85.5 Å². The summed E-state index contributed by atoms with van der Waals surface area (Å²) in [5.41, 5.74) is 2.58. The molecule has 1 aromatic carbocycles. The largest absolute Gasteiger partial charge is 0.345 e. The molecule has 0 aliphatic carbocycles. The molecule has 0 atom stereocenters. The smallest absolute Gasteiger partial charge is 0.152 e. The molecular formula is C11H7N3O. The molecule has 15 heavy (non-hydrogen) atoms. The maximum atomic E-state index is 4.69. The molecule has 0 saturated carbocycles. The van der Waals surface area contributed by atoms with Gasteiger partial charge in [-0.3, -0.25) is 4.98 Å². The van der Waals surface area contributed by atoms with Crippen molar-refractivity contribution in [2.24, 2.45) is 0 Å². The first-order valence-electron chi connectivity index (χ1n) is 4.56. The number of pyridine rings is 1. The van der Waals surface area contributed by atoms with E-state index in [1.165, 1.54) is 6.26 Å². The molecule has 2 aromatic heterocycles. The first-order valence-corrected chi connectivity index (χ1v) is 4.56. The summed E-state index contributed by atoms with van der Waals surface area (Å²) in [5, 5.41) is 8.34. The standard InChI is InChI=1S/C11H7N3O/c1-2-4-10-8(3-1)5-9(6-12-10)11-7-15-14-13-11/h1-7H. The Morgan fingerprint density at radius 1 is 1.13 bits per heavy atom. The Hall–Kier alpha value is -2.23. The Morgan fingerprint density at radius 3 is 2.93 bits per heavy atom. The van der Waals surface area contributed by atoms with E-state index in [-0.39, 0.29) is 0 Å². The van der Waals surface area contributed by atoms with Gasteiger partial charge in [-0.1, -0.05) is 18.2 Å². The van der Waals surface area contributed by atoms with Crippen LogP contribution >= 0.6 is 0 Å². The minimum absolute atomic E-state index is 0.702. The van der Waals surface area contributed by atoms with Crippen LogP contribution in [0.2, 0.25) is 0 Å². The summed E-state index contributed by atoms with van der Waals surface area (Å²) in [5.74, 6) is 0. The minimum Gasteiger partial charge on any atom is -0.345 e. The van der Waals surface area contributed by atoms with Gasteiger partial charge in [-0.05, 0) is 12.1 Å². The van der Waals surface area contributed by atoms with Gasteiger partial charge in [0.15, 0.2) is 6.26 Å². The lowest BCUT2D eigenvalue weighted by molar-refractivity contribution is 0.393. The van der Waals surface area contributed by atoms with Crippen LogP contribution in [0.15, 0.2) is 47.3 Å². The van der Waals surface area contributed by atoms with Gasteiger partial charge < -0.3 is 4.52 Å². The van der Waals surface area contributed by atoms with Gasteiger partial charge in [0.2, 0.25) is 0 Å². The van der Waals surface area contributed by atoms with Crippen LogP contribution in [0.5, 0.6) is 0 Å². The van der Waals surface area contributed by atoms with Gasteiger partial charge in [0.1, 0.15) is 5.69 Å². The molecule has 0 radical (unpaired) electrons. The van der Waals surface area contributed by atoms with Crippen LogP contribution < -0.4 is 0 Å². The number of hydrogen-bond donors (Lipinski definition) is 0. The summed E-state index contributed by atoms with van der Waals surface area (Å²) >= 11 is 0. The van der Waals surface area contributed by atoms with Gasteiger partial charge in [0, 0.05) is 22.4 Å². The zero-order valence-corrected chi connectivity index (χ0v) is 7.79. The van der Waals surface area contributed by atoms with Crippen molar-refractivity contribution in [1.82, 2.24) is 15.4 Å². The zero-order valence-electron chi connectivity index (χ0n) is 7.79. The summed E-state index contributed by atoms with van der Waals surface area (Å²) in [6, 6.07) is 9.95. The number of aromatic nitrogens is 3. The van der Waals surface area contributed by atoms with E-state index >= 15 is 0 Å². The van der Waals surface area contributed by atoms with Crippen LogP contribution in [0.3, 0.4) is 0 Å². The third-order valence-electron chi connectivity index (χ3n) is 2.25. The topological polar surface area (TPSA) is 51.8 Å². The van der Waals surface area contributed by atoms with Gasteiger partial charge >= 0.3 is 0 Å². The summed E-state index contributed by atoms with van der Waals surface area (Å²) < 4.78 is 4.69. The summed E-state index contributed by atoms with van der Waals surface area (Å²) in [6.45, 7) is 0. The molecule has 0 amide bonds. The molecule has 0 bridgehead atoms. The second kappa shape index (κ2) is 3.16. The zero-order chi connectivity index (χ0) is 10.1. The Morgan fingerprint density at radius 2 is 2.07 bits per heavy atom. The van der Waals surface area contributed by atoms with Crippen LogP contribution in [0.4, 0.5) is 0 Å². The van der Waals surface area contributed by atoms with Crippen molar-refractivity contribution < 1.29 is 4.52 Å². The fourth-order valence-electron chi connectivity index (χ4n) is 1.50. The average molecular weight is 197 g/mol. The maximum absolute atomic E-state index is 4.69. The molecule has 4 nitrogen and oxygen atoms in total. The fraction of sp³-hybridized carbons (Fsp3) is 0. The van der Waals surface area contributed by atoms with E-state index in [1.807, 2.05) is 30.3 Å². The van der Waals surface area contributed by atoms with Crippen molar-refractivity contribution in [2.45, 2.75) is 0 Å². The first-order chi connectivity index (χ1) is 7.43. The second-order valence-electron chi connectivity index (χ2n) is 3.21. The predicted molar refractivity (Wildman–Crippen MR) is 55.0 cm³/mol. The van der Waals surface area contributed by atoms with Crippen molar-refractivity contribution in [3.8, 4) is 11.3 Å². The molecular weight excluding hydrogens is 190 g/mol. The van der Waals surface area contributed by atoms with E-state index in [2.05, 4.69) is 15.4 Å².